The van der Waals surface area contributed by atoms with E-state index in [4.69, 9.17) is 14.2 Å². The van der Waals surface area contributed by atoms with E-state index in [2.05, 4.69) is 0 Å². The van der Waals surface area contributed by atoms with Crippen molar-refractivity contribution in [3.63, 3.8) is 0 Å². The first kappa shape index (κ1) is 24.5. The monoisotopic (exact) mass is 460 g/mol. The molecule has 1 aliphatic heterocycles. The summed E-state index contributed by atoms with van der Waals surface area (Å²) >= 11 is 0. The van der Waals surface area contributed by atoms with Gasteiger partial charge in [-0.2, -0.15) is 0 Å². The lowest BCUT2D eigenvalue weighted by Gasteiger charge is -2.39. The first-order chi connectivity index (χ1) is 15.8. The molecule has 178 valence electrons. The van der Waals surface area contributed by atoms with Gasteiger partial charge in [0.2, 0.25) is 6.29 Å². The molecule has 0 bridgehead atoms. The molecule has 2 aromatic rings. The molecule has 0 amide bonds. The Bertz CT molecular complexity index is 957. The number of carbonyl (C=O) groups excluding carboxylic acids is 1. The van der Waals surface area contributed by atoms with Crippen molar-refractivity contribution in [3.05, 3.63) is 53.6 Å². The van der Waals surface area contributed by atoms with Crippen molar-refractivity contribution in [1.29, 1.82) is 0 Å². The van der Waals surface area contributed by atoms with Gasteiger partial charge >= 0.3 is 5.97 Å². The van der Waals surface area contributed by atoms with Gasteiger partial charge in [0.1, 0.15) is 48.3 Å². The lowest BCUT2D eigenvalue weighted by atomic mass is 9.99. The van der Waals surface area contributed by atoms with Gasteiger partial charge in [-0.1, -0.05) is 31.2 Å². The fourth-order valence-electron chi connectivity index (χ4n) is 3.28. The standard InChI is InChI=1S/C24H28O9/c1-2-3-20(27)31-13-19-21(28)22(29)23(30)24(33-19)32-18-11-15(10-17(26)12-18)5-4-14-6-8-16(25)9-7-14/h4-12,19,21-26,28-30H,2-3,13H2,1H3/b5-4+/t19-,21-,22+,23-,24-/m1/s1. The number of hydrogen-bond acceptors (Lipinski definition) is 9. The SMILES string of the molecule is CCCC(=O)OC[C@H]1O[C@@H](Oc2cc(O)cc(/C=C/c3ccc(O)cc3)c2)[C@H](O)[C@@H](O)[C@@H]1O. The van der Waals surface area contributed by atoms with Crippen molar-refractivity contribution in [3.8, 4) is 17.2 Å². The van der Waals surface area contributed by atoms with E-state index in [1.807, 2.05) is 6.92 Å². The van der Waals surface area contributed by atoms with Gasteiger partial charge < -0.3 is 39.7 Å². The molecular formula is C24H28O9. The molecule has 5 atom stereocenters. The quantitative estimate of drug-likeness (QED) is 0.294. The summed E-state index contributed by atoms with van der Waals surface area (Å²) in [7, 11) is 0. The van der Waals surface area contributed by atoms with Crippen LogP contribution in [0.1, 0.15) is 30.9 Å². The Kier molecular flexibility index (Phi) is 8.29. The van der Waals surface area contributed by atoms with Crippen molar-refractivity contribution >= 4 is 18.1 Å². The second kappa shape index (κ2) is 11.2. The van der Waals surface area contributed by atoms with Gasteiger partial charge in [0.05, 0.1) is 0 Å². The van der Waals surface area contributed by atoms with E-state index in [0.29, 0.717) is 12.0 Å². The van der Waals surface area contributed by atoms with E-state index < -0.39 is 36.7 Å². The third-order valence-corrected chi connectivity index (χ3v) is 5.06. The number of phenolic OH excluding ortho intramolecular Hbond substituents is 2. The van der Waals surface area contributed by atoms with Crippen molar-refractivity contribution in [1.82, 2.24) is 0 Å². The molecule has 0 aliphatic carbocycles. The van der Waals surface area contributed by atoms with E-state index in [0.717, 1.165) is 5.56 Å². The van der Waals surface area contributed by atoms with Crippen LogP contribution in [0.3, 0.4) is 0 Å². The van der Waals surface area contributed by atoms with Crippen LogP contribution in [0, 0.1) is 0 Å². The van der Waals surface area contributed by atoms with Gasteiger partial charge in [0.25, 0.3) is 0 Å². The summed E-state index contributed by atoms with van der Waals surface area (Å²) in [6.07, 6.45) is -2.86. The second-order valence-corrected chi connectivity index (χ2v) is 7.75. The first-order valence-electron chi connectivity index (χ1n) is 10.6. The fraction of sp³-hybridized carbons (Fsp3) is 0.375. The molecule has 1 heterocycles. The Balaban J connectivity index is 1.71. The van der Waals surface area contributed by atoms with Crippen LogP contribution in [-0.4, -0.2) is 68.8 Å². The normalized spacial score (nSPS) is 25.2. The Morgan fingerprint density at radius 3 is 2.33 bits per heavy atom. The van der Waals surface area contributed by atoms with Gasteiger partial charge in [-0.15, -0.1) is 0 Å². The highest BCUT2D eigenvalue weighted by atomic mass is 16.7. The second-order valence-electron chi connectivity index (χ2n) is 7.75. The van der Waals surface area contributed by atoms with Crippen LogP contribution >= 0.6 is 0 Å². The van der Waals surface area contributed by atoms with Crippen LogP contribution in [0.25, 0.3) is 12.2 Å². The average Bonchev–Trinajstić information content (AvgIpc) is 2.78. The lowest BCUT2D eigenvalue weighted by molar-refractivity contribution is -0.278. The minimum absolute atomic E-state index is 0.103. The maximum Gasteiger partial charge on any atom is 0.305 e. The summed E-state index contributed by atoms with van der Waals surface area (Å²) in [5.74, 6) is -0.273. The third kappa shape index (κ3) is 6.69. The first-order valence-corrected chi connectivity index (χ1v) is 10.6. The van der Waals surface area contributed by atoms with Crippen molar-refractivity contribution < 1.29 is 44.5 Å². The maximum absolute atomic E-state index is 11.6. The molecule has 9 heteroatoms. The van der Waals surface area contributed by atoms with Gasteiger partial charge in [0, 0.05) is 12.5 Å². The summed E-state index contributed by atoms with van der Waals surface area (Å²) in [5, 5.41) is 50.1. The summed E-state index contributed by atoms with van der Waals surface area (Å²) in [6.45, 7) is 1.50. The van der Waals surface area contributed by atoms with E-state index in [-0.39, 0.29) is 30.3 Å². The molecule has 9 nitrogen and oxygen atoms in total. The van der Waals surface area contributed by atoms with Crippen molar-refractivity contribution in [2.45, 2.75) is 50.5 Å². The van der Waals surface area contributed by atoms with Crippen LogP contribution in [0.4, 0.5) is 0 Å². The molecule has 3 rings (SSSR count). The van der Waals surface area contributed by atoms with Crippen molar-refractivity contribution in [2.75, 3.05) is 6.61 Å². The van der Waals surface area contributed by atoms with E-state index in [1.165, 1.54) is 12.1 Å². The zero-order chi connectivity index (χ0) is 24.0. The summed E-state index contributed by atoms with van der Waals surface area (Å²) in [4.78, 5) is 11.6. The summed E-state index contributed by atoms with van der Waals surface area (Å²) < 4.78 is 16.3. The van der Waals surface area contributed by atoms with Crippen LogP contribution in [0.5, 0.6) is 17.2 Å². The smallest absolute Gasteiger partial charge is 0.305 e. The number of phenols is 2. The van der Waals surface area contributed by atoms with Gasteiger partial charge in [-0.3, -0.25) is 4.79 Å². The number of aliphatic hydroxyl groups excluding tert-OH is 3. The van der Waals surface area contributed by atoms with Gasteiger partial charge in [0.15, 0.2) is 0 Å². The van der Waals surface area contributed by atoms with Crippen LogP contribution in [-0.2, 0) is 14.3 Å². The minimum Gasteiger partial charge on any atom is -0.508 e. The minimum atomic E-state index is -1.59. The van der Waals surface area contributed by atoms with Gasteiger partial charge in [-0.25, -0.2) is 0 Å². The average molecular weight is 460 g/mol. The lowest BCUT2D eigenvalue weighted by Crippen LogP contribution is -2.60. The topological polar surface area (TPSA) is 146 Å². The largest absolute Gasteiger partial charge is 0.508 e. The Hall–Kier alpha value is -3.11. The highest BCUT2D eigenvalue weighted by molar-refractivity contribution is 5.71. The van der Waals surface area contributed by atoms with E-state index in [9.17, 15) is 30.3 Å². The predicted octanol–water partition coefficient (Wildman–Crippen LogP) is 1.80. The van der Waals surface area contributed by atoms with Crippen LogP contribution in [0.2, 0.25) is 0 Å². The predicted molar refractivity (Wildman–Crippen MR) is 118 cm³/mol. The van der Waals surface area contributed by atoms with Gasteiger partial charge in [-0.05, 0) is 41.8 Å². The molecule has 0 saturated carbocycles. The maximum atomic E-state index is 11.6. The number of aliphatic hydroxyl groups is 3. The third-order valence-electron chi connectivity index (χ3n) is 5.06. The number of rotatable bonds is 8. The molecule has 1 saturated heterocycles. The Morgan fingerprint density at radius 1 is 0.939 bits per heavy atom. The van der Waals surface area contributed by atoms with E-state index >= 15 is 0 Å². The molecule has 33 heavy (non-hydrogen) atoms. The molecule has 1 fully saturated rings. The highest BCUT2D eigenvalue weighted by Crippen LogP contribution is 2.28. The molecule has 0 aromatic heterocycles. The Labute approximate surface area is 191 Å². The van der Waals surface area contributed by atoms with E-state index in [1.54, 1.807) is 42.5 Å². The molecule has 2 aromatic carbocycles. The summed E-state index contributed by atoms with van der Waals surface area (Å²) in [5.41, 5.74) is 1.40. The van der Waals surface area contributed by atoms with Crippen LogP contribution < -0.4 is 4.74 Å². The molecule has 0 radical (unpaired) electrons. The number of benzene rings is 2. The molecular weight excluding hydrogens is 432 g/mol. The Morgan fingerprint density at radius 2 is 1.64 bits per heavy atom. The summed E-state index contributed by atoms with van der Waals surface area (Å²) in [6, 6.07) is 10.9. The molecule has 5 N–H and O–H groups in total. The van der Waals surface area contributed by atoms with Crippen molar-refractivity contribution in [2.24, 2.45) is 0 Å². The number of esters is 1. The zero-order valence-electron chi connectivity index (χ0n) is 18.1. The fourth-order valence-corrected chi connectivity index (χ4v) is 3.28. The molecule has 0 spiro atoms. The number of hydrogen-bond donors (Lipinski definition) is 5. The highest BCUT2D eigenvalue weighted by Gasteiger charge is 2.45. The van der Waals surface area contributed by atoms with Crippen LogP contribution in [0.15, 0.2) is 42.5 Å². The number of carbonyl (C=O) groups is 1. The number of aromatic hydroxyl groups is 2. The zero-order valence-corrected chi connectivity index (χ0v) is 18.1. The molecule has 1 aliphatic rings. The number of ether oxygens (including phenoxy) is 3. The molecule has 0 unspecified atom stereocenters.